The summed E-state index contributed by atoms with van der Waals surface area (Å²) in [7, 11) is 0. The van der Waals surface area contributed by atoms with Crippen molar-refractivity contribution in [3.8, 4) is 0 Å². The first-order chi connectivity index (χ1) is 7.72. The Balaban J connectivity index is 2.20. The van der Waals surface area contributed by atoms with Crippen LogP contribution >= 0.6 is 23.2 Å². The number of carbonyl (C=O) groups is 1. The Morgan fingerprint density at radius 3 is 2.38 bits per heavy atom. The van der Waals surface area contributed by atoms with Crippen molar-refractivity contribution in [3.05, 3.63) is 34.9 Å². The molecule has 0 bridgehead atoms. The van der Waals surface area contributed by atoms with Gasteiger partial charge < -0.3 is 10.6 Å². The molecule has 1 rings (SSSR count). The summed E-state index contributed by atoms with van der Waals surface area (Å²) in [5, 5.41) is 6.08. The van der Waals surface area contributed by atoms with Gasteiger partial charge in [0.25, 0.3) is 0 Å². The molecule has 2 amide bonds. The summed E-state index contributed by atoms with van der Waals surface area (Å²) in [6, 6.07) is 7.38. The molecule has 5 heteroatoms. The number of halogens is 2. The number of amides is 2. The molecular weight excluding hydrogens is 247 g/mol. The van der Waals surface area contributed by atoms with Gasteiger partial charge in [0.05, 0.1) is 0 Å². The molecule has 0 unspecified atom stereocenters. The zero-order valence-corrected chi connectivity index (χ0v) is 10.3. The Labute approximate surface area is 105 Å². The van der Waals surface area contributed by atoms with Crippen molar-refractivity contribution in [3.63, 3.8) is 0 Å². The molecule has 0 aliphatic rings. The summed E-state index contributed by atoms with van der Waals surface area (Å²) in [6.07, 6.45) is 0.783. The SMILES string of the molecule is O=C(NCCCl)NCCc1ccc(Cl)cc1. The van der Waals surface area contributed by atoms with Gasteiger partial charge >= 0.3 is 6.03 Å². The third-order valence-corrected chi connectivity index (χ3v) is 2.43. The first kappa shape index (κ1) is 13.1. The van der Waals surface area contributed by atoms with Crippen LogP contribution in [0.4, 0.5) is 4.79 Å². The van der Waals surface area contributed by atoms with Gasteiger partial charge in [0.1, 0.15) is 0 Å². The van der Waals surface area contributed by atoms with E-state index < -0.39 is 0 Å². The van der Waals surface area contributed by atoms with Gasteiger partial charge in [0.2, 0.25) is 0 Å². The molecule has 0 saturated heterocycles. The standard InChI is InChI=1S/C11H14Cl2N2O/c12-6-8-15-11(16)14-7-5-9-1-3-10(13)4-2-9/h1-4H,5-8H2,(H2,14,15,16). The van der Waals surface area contributed by atoms with Crippen LogP contribution in [-0.2, 0) is 6.42 Å². The molecule has 0 atom stereocenters. The summed E-state index contributed by atoms with van der Waals surface area (Å²) in [6.45, 7) is 1.07. The summed E-state index contributed by atoms with van der Waals surface area (Å²) in [5.74, 6) is 0.421. The molecule has 0 aromatic heterocycles. The van der Waals surface area contributed by atoms with Crippen LogP contribution in [0.5, 0.6) is 0 Å². The second kappa shape index (κ2) is 7.36. The van der Waals surface area contributed by atoms with Gasteiger partial charge in [-0.15, -0.1) is 11.6 Å². The Hall–Kier alpha value is -0.930. The maximum atomic E-state index is 11.1. The molecule has 0 saturated carbocycles. The molecule has 3 nitrogen and oxygen atoms in total. The number of urea groups is 1. The summed E-state index contributed by atoms with van der Waals surface area (Å²) < 4.78 is 0. The molecule has 1 aromatic carbocycles. The molecule has 1 aromatic rings. The zero-order chi connectivity index (χ0) is 11.8. The van der Waals surface area contributed by atoms with Gasteiger partial charge in [-0.3, -0.25) is 0 Å². The fourth-order valence-electron chi connectivity index (χ4n) is 1.19. The molecule has 2 N–H and O–H groups in total. The fraction of sp³-hybridized carbons (Fsp3) is 0.364. The largest absolute Gasteiger partial charge is 0.338 e. The van der Waals surface area contributed by atoms with E-state index in [1.165, 1.54) is 0 Å². The van der Waals surface area contributed by atoms with Crippen LogP contribution in [0.25, 0.3) is 0 Å². The Bertz CT molecular complexity index is 327. The van der Waals surface area contributed by atoms with E-state index in [0.29, 0.717) is 19.0 Å². The van der Waals surface area contributed by atoms with E-state index in [2.05, 4.69) is 10.6 Å². The Kier molecular flexibility index (Phi) is 6.04. The Morgan fingerprint density at radius 1 is 1.12 bits per heavy atom. The lowest BCUT2D eigenvalue weighted by Crippen LogP contribution is -2.37. The molecule has 16 heavy (non-hydrogen) atoms. The molecule has 0 spiro atoms. The highest BCUT2D eigenvalue weighted by Gasteiger charge is 1.98. The number of nitrogens with one attached hydrogen (secondary N) is 2. The van der Waals surface area contributed by atoms with E-state index in [1.54, 1.807) is 0 Å². The van der Waals surface area contributed by atoms with Crippen molar-refractivity contribution in [1.29, 1.82) is 0 Å². The van der Waals surface area contributed by atoms with E-state index in [-0.39, 0.29) is 6.03 Å². The van der Waals surface area contributed by atoms with Gasteiger partial charge in [0.15, 0.2) is 0 Å². The molecule has 0 aliphatic heterocycles. The average Bonchev–Trinajstić information content (AvgIpc) is 2.29. The first-order valence-corrected chi connectivity index (χ1v) is 5.95. The third-order valence-electron chi connectivity index (χ3n) is 1.99. The van der Waals surface area contributed by atoms with Crippen molar-refractivity contribution in [2.75, 3.05) is 19.0 Å². The summed E-state index contributed by atoms with van der Waals surface area (Å²) in [4.78, 5) is 11.1. The average molecular weight is 261 g/mol. The van der Waals surface area contributed by atoms with Gasteiger partial charge in [-0.05, 0) is 24.1 Å². The minimum absolute atomic E-state index is 0.186. The molecule has 0 fully saturated rings. The summed E-state index contributed by atoms with van der Waals surface area (Å²) >= 11 is 11.2. The van der Waals surface area contributed by atoms with Gasteiger partial charge in [0, 0.05) is 24.0 Å². The fourth-order valence-corrected chi connectivity index (χ4v) is 1.42. The van der Waals surface area contributed by atoms with E-state index >= 15 is 0 Å². The van der Waals surface area contributed by atoms with Crippen LogP contribution in [0.3, 0.4) is 0 Å². The lowest BCUT2D eigenvalue weighted by molar-refractivity contribution is 0.241. The third kappa shape index (κ3) is 5.24. The van der Waals surface area contributed by atoms with Crippen molar-refractivity contribution in [2.45, 2.75) is 6.42 Å². The minimum atomic E-state index is -0.186. The van der Waals surface area contributed by atoms with Crippen LogP contribution in [0.15, 0.2) is 24.3 Å². The number of carbonyl (C=O) groups excluding carboxylic acids is 1. The van der Waals surface area contributed by atoms with Crippen LogP contribution < -0.4 is 10.6 Å². The molecule has 88 valence electrons. The molecule has 0 aliphatic carbocycles. The monoisotopic (exact) mass is 260 g/mol. The summed E-state index contributed by atoms with van der Waals surface area (Å²) in [5.41, 5.74) is 1.14. The maximum Gasteiger partial charge on any atom is 0.314 e. The Morgan fingerprint density at radius 2 is 1.75 bits per heavy atom. The van der Waals surface area contributed by atoms with Gasteiger partial charge in [-0.2, -0.15) is 0 Å². The predicted molar refractivity (Wildman–Crippen MR) is 67.3 cm³/mol. The van der Waals surface area contributed by atoms with Crippen molar-refractivity contribution in [1.82, 2.24) is 10.6 Å². The number of hydrogen-bond acceptors (Lipinski definition) is 1. The number of hydrogen-bond donors (Lipinski definition) is 2. The van der Waals surface area contributed by atoms with Crippen LogP contribution in [-0.4, -0.2) is 25.0 Å². The maximum absolute atomic E-state index is 11.1. The number of benzene rings is 1. The van der Waals surface area contributed by atoms with Crippen molar-refractivity contribution in [2.24, 2.45) is 0 Å². The number of rotatable bonds is 5. The lowest BCUT2D eigenvalue weighted by Gasteiger charge is -2.06. The highest BCUT2D eigenvalue weighted by molar-refractivity contribution is 6.30. The van der Waals surface area contributed by atoms with E-state index in [1.807, 2.05) is 24.3 Å². The van der Waals surface area contributed by atoms with Crippen LogP contribution in [0.2, 0.25) is 5.02 Å². The highest BCUT2D eigenvalue weighted by atomic mass is 35.5. The minimum Gasteiger partial charge on any atom is -0.338 e. The van der Waals surface area contributed by atoms with Crippen molar-refractivity contribution < 1.29 is 4.79 Å². The normalized spacial score (nSPS) is 9.88. The van der Waals surface area contributed by atoms with Gasteiger partial charge in [-0.1, -0.05) is 23.7 Å². The van der Waals surface area contributed by atoms with Gasteiger partial charge in [-0.25, -0.2) is 4.79 Å². The molecule has 0 radical (unpaired) electrons. The highest BCUT2D eigenvalue weighted by Crippen LogP contribution is 2.09. The predicted octanol–water partition coefficient (Wildman–Crippen LogP) is 2.42. The molecular formula is C11H14Cl2N2O. The topological polar surface area (TPSA) is 41.1 Å². The van der Waals surface area contributed by atoms with E-state index in [4.69, 9.17) is 23.2 Å². The van der Waals surface area contributed by atoms with Crippen molar-refractivity contribution >= 4 is 29.2 Å². The van der Waals surface area contributed by atoms with Crippen LogP contribution in [0, 0.1) is 0 Å². The first-order valence-electron chi connectivity index (χ1n) is 5.04. The quantitative estimate of drug-likeness (QED) is 0.785. The zero-order valence-electron chi connectivity index (χ0n) is 8.80. The van der Waals surface area contributed by atoms with Crippen LogP contribution in [0.1, 0.15) is 5.56 Å². The van der Waals surface area contributed by atoms with E-state index in [0.717, 1.165) is 17.0 Å². The smallest absolute Gasteiger partial charge is 0.314 e. The van der Waals surface area contributed by atoms with E-state index in [9.17, 15) is 4.79 Å². The lowest BCUT2D eigenvalue weighted by atomic mass is 10.1. The number of alkyl halides is 1. The molecule has 0 heterocycles. The second-order valence-electron chi connectivity index (χ2n) is 3.25. The second-order valence-corrected chi connectivity index (χ2v) is 4.06.